The molecule has 1 heterocycles. The fourth-order valence-electron chi connectivity index (χ4n) is 1.90. The van der Waals surface area contributed by atoms with Crippen LogP contribution in [0.3, 0.4) is 0 Å². The van der Waals surface area contributed by atoms with Gasteiger partial charge in [0.2, 0.25) is 0 Å². The summed E-state index contributed by atoms with van der Waals surface area (Å²) in [5.74, 6) is 0. The second-order valence-electron chi connectivity index (χ2n) is 4.80. The number of hydrogen-bond donors (Lipinski definition) is 1. The summed E-state index contributed by atoms with van der Waals surface area (Å²) in [6.45, 7) is 6.35. The summed E-state index contributed by atoms with van der Waals surface area (Å²) in [6, 6.07) is 8.57. The highest BCUT2D eigenvalue weighted by molar-refractivity contribution is 7.19. The first kappa shape index (κ1) is 10.7. The fraction of sp³-hybridized carbons (Fsp3) is 0.385. The van der Waals surface area contributed by atoms with E-state index in [1.54, 1.807) is 0 Å². The summed E-state index contributed by atoms with van der Waals surface area (Å²) in [5.41, 5.74) is 7.38. The number of benzene rings is 1. The lowest BCUT2D eigenvalue weighted by atomic mass is 9.94. The van der Waals surface area contributed by atoms with Crippen molar-refractivity contribution >= 4 is 21.4 Å². The van der Waals surface area contributed by atoms with Crippen molar-refractivity contribution in [3.63, 3.8) is 0 Å². The maximum Gasteiger partial charge on any atom is 0.0348 e. The molecule has 2 heteroatoms. The van der Waals surface area contributed by atoms with Crippen molar-refractivity contribution in [1.29, 1.82) is 0 Å². The van der Waals surface area contributed by atoms with E-state index in [4.69, 9.17) is 5.73 Å². The van der Waals surface area contributed by atoms with Crippen molar-refractivity contribution in [2.45, 2.75) is 32.7 Å². The van der Waals surface area contributed by atoms with Gasteiger partial charge in [-0.1, -0.05) is 18.2 Å². The molecular formula is C13H17NS. The average Bonchev–Trinajstić information content (AvgIpc) is 2.41. The van der Waals surface area contributed by atoms with E-state index in [2.05, 4.69) is 45.0 Å². The molecule has 0 saturated carbocycles. The molecule has 0 fully saturated rings. The van der Waals surface area contributed by atoms with Crippen LogP contribution < -0.4 is 5.73 Å². The second kappa shape index (κ2) is 3.62. The minimum atomic E-state index is -0.130. The number of fused-ring (bicyclic) bond motifs is 1. The highest BCUT2D eigenvalue weighted by Crippen LogP contribution is 2.32. The van der Waals surface area contributed by atoms with Gasteiger partial charge in [-0.2, -0.15) is 0 Å². The third-order valence-corrected chi connectivity index (χ3v) is 3.66. The van der Waals surface area contributed by atoms with Gasteiger partial charge < -0.3 is 5.73 Å². The van der Waals surface area contributed by atoms with E-state index in [0.29, 0.717) is 0 Å². The highest BCUT2D eigenvalue weighted by atomic mass is 32.1. The van der Waals surface area contributed by atoms with E-state index in [0.717, 1.165) is 6.42 Å². The van der Waals surface area contributed by atoms with E-state index in [9.17, 15) is 0 Å². The SMILES string of the molecule is Cc1sc2ccccc2c1CC(C)(C)N. The number of aryl methyl sites for hydroxylation is 1. The average molecular weight is 219 g/mol. The molecule has 80 valence electrons. The van der Waals surface area contributed by atoms with E-state index in [-0.39, 0.29) is 5.54 Å². The Morgan fingerprint density at radius 1 is 1.27 bits per heavy atom. The molecule has 0 radical (unpaired) electrons. The van der Waals surface area contributed by atoms with Crippen LogP contribution in [-0.4, -0.2) is 5.54 Å². The molecule has 2 aromatic rings. The van der Waals surface area contributed by atoms with Crippen LogP contribution >= 0.6 is 11.3 Å². The van der Waals surface area contributed by atoms with Crippen molar-refractivity contribution in [1.82, 2.24) is 0 Å². The van der Waals surface area contributed by atoms with E-state index in [1.165, 1.54) is 20.5 Å². The number of rotatable bonds is 2. The van der Waals surface area contributed by atoms with E-state index < -0.39 is 0 Å². The van der Waals surface area contributed by atoms with Crippen LogP contribution in [-0.2, 0) is 6.42 Å². The maximum absolute atomic E-state index is 6.09. The van der Waals surface area contributed by atoms with Crippen molar-refractivity contribution < 1.29 is 0 Å². The third-order valence-electron chi connectivity index (χ3n) is 2.53. The predicted molar refractivity (Wildman–Crippen MR) is 68.5 cm³/mol. The first-order chi connectivity index (χ1) is 6.97. The standard InChI is InChI=1S/C13H17NS/c1-9-11(8-13(2,3)14)10-6-4-5-7-12(10)15-9/h4-7H,8,14H2,1-3H3. The minimum absolute atomic E-state index is 0.130. The van der Waals surface area contributed by atoms with Gasteiger partial charge in [0.15, 0.2) is 0 Å². The normalized spacial score (nSPS) is 12.3. The van der Waals surface area contributed by atoms with E-state index >= 15 is 0 Å². The Hall–Kier alpha value is -0.860. The zero-order chi connectivity index (χ0) is 11.1. The zero-order valence-corrected chi connectivity index (χ0v) is 10.3. The monoisotopic (exact) mass is 219 g/mol. The highest BCUT2D eigenvalue weighted by Gasteiger charge is 2.16. The first-order valence-corrected chi connectivity index (χ1v) is 6.05. The molecule has 0 saturated heterocycles. The minimum Gasteiger partial charge on any atom is -0.325 e. The predicted octanol–water partition coefficient (Wildman–Crippen LogP) is 3.49. The third kappa shape index (κ3) is 2.21. The molecule has 0 aliphatic carbocycles. The van der Waals surface area contributed by atoms with Crippen LogP contribution in [0.25, 0.3) is 10.1 Å². The van der Waals surface area contributed by atoms with Gasteiger partial charge >= 0.3 is 0 Å². The first-order valence-electron chi connectivity index (χ1n) is 5.23. The van der Waals surface area contributed by atoms with Gasteiger partial charge in [0, 0.05) is 15.1 Å². The van der Waals surface area contributed by atoms with Crippen LogP contribution in [0.4, 0.5) is 0 Å². The Morgan fingerprint density at radius 3 is 2.60 bits per heavy atom. The Labute approximate surface area is 94.9 Å². The molecular weight excluding hydrogens is 202 g/mol. The van der Waals surface area contributed by atoms with Gasteiger partial charge in [-0.3, -0.25) is 0 Å². The summed E-state index contributed by atoms with van der Waals surface area (Å²) in [7, 11) is 0. The molecule has 2 rings (SSSR count). The van der Waals surface area contributed by atoms with Crippen molar-refractivity contribution in [2.24, 2.45) is 5.73 Å². The zero-order valence-electron chi connectivity index (χ0n) is 9.50. The van der Waals surface area contributed by atoms with Crippen LogP contribution in [0.1, 0.15) is 24.3 Å². The Morgan fingerprint density at radius 2 is 1.93 bits per heavy atom. The number of thiophene rings is 1. The molecule has 1 aromatic heterocycles. The lowest BCUT2D eigenvalue weighted by molar-refractivity contribution is 0.518. The van der Waals surface area contributed by atoms with Crippen LogP contribution in [0.2, 0.25) is 0 Å². The summed E-state index contributed by atoms with van der Waals surface area (Å²) < 4.78 is 1.37. The van der Waals surface area contributed by atoms with Crippen molar-refractivity contribution in [3.8, 4) is 0 Å². The van der Waals surface area contributed by atoms with Crippen LogP contribution in [0.15, 0.2) is 24.3 Å². The van der Waals surface area contributed by atoms with Crippen LogP contribution in [0, 0.1) is 6.92 Å². The van der Waals surface area contributed by atoms with Gasteiger partial charge in [0.05, 0.1) is 0 Å². The molecule has 0 aliphatic heterocycles. The summed E-state index contributed by atoms with van der Waals surface area (Å²) >= 11 is 1.86. The molecule has 0 unspecified atom stereocenters. The summed E-state index contributed by atoms with van der Waals surface area (Å²) in [5, 5.41) is 1.37. The molecule has 1 aromatic carbocycles. The Bertz CT molecular complexity index is 477. The Kier molecular flexibility index (Phi) is 2.57. The Balaban J connectivity index is 2.54. The van der Waals surface area contributed by atoms with Gasteiger partial charge in [-0.15, -0.1) is 11.3 Å². The quantitative estimate of drug-likeness (QED) is 0.822. The molecule has 0 spiro atoms. The molecule has 15 heavy (non-hydrogen) atoms. The summed E-state index contributed by atoms with van der Waals surface area (Å²) in [4.78, 5) is 1.40. The smallest absolute Gasteiger partial charge is 0.0348 e. The summed E-state index contributed by atoms with van der Waals surface area (Å²) in [6.07, 6.45) is 0.947. The molecule has 1 nitrogen and oxygen atoms in total. The van der Waals surface area contributed by atoms with Crippen LogP contribution in [0.5, 0.6) is 0 Å². The largest absolute Gasteiger partial charge is 0.325 e. The molecule has 0 amide bonds. The van der Waals surface area contributed by atoms with Gasteiger partial charge in [-0.25, -0.2) is 0 Å². The molecule has 0 bridgehead atoms. The lowest BCUT2D eigenvalue weighted by Crippen LogP contribution is -2.34. The van der Waals surface area contributed by atoms with Gasteiger partial charge in [0.1, 0.15) is 0 Å². The van der Waals surface area contributed by atoms with Crippen molar-refractivity contribution in [3.05, 3.63) is 34.7 Å². The molecule has 2 N–H and O–H groups in total. The number of hydrogen-bond acceptors (Lipinski definition) is 2. The number of nitrogens with two attached hydrogens (primary N) is 1. The van der Waals surface area contributed by atoms with Gasteiger partial charge in [-0.05, 0) is 44.2 Å². The molecule has 0 atom stereocenters. The second-order valence-corrected chi connectivity index (χ2v) is 6.05. The maximum atomic E-state index is 6.09. The van der Waals surface area contributed by atoms with E-state index in [1.807, 2.05) is 11.3 Å². The fourth-order valence-corrected chi connectivity index (χ4v) is 2.98. The lowest BCUT2D eigenvalue weighted by Gasteiger charge is -2.18. The van der Waals surface area contributed by atoms with Crippen molar-refractivity contribution in [2.75, 3.05) is 0 Å². The molecule has 0 aliphatic rings. The van der Waals surface area contributed by atoms with Gasteiger partial charge in [0.25, 0.3) is 0 Å². The topological polar surface area (TPSA) is 26.0 Å².